The maximum Gasteiger partial charge on any atom is 0.161 e. The fourth-order valence-electron chi connectivity index (χ4n) is 5.00. The van der Waals surface area contributed by atoms with E-state index in [0.717, 1.165) is 48.7 Å². The minimum Gasteiger partial charge on any atom is -0.380 e. The maximum atomic E-state index is 9.13. The molecule has 34 heavy (non-hydrogen) atoms. The molecular formula is C28H26N6. The van der Waals surface area contributed by atoms with Crippen LogP contribution in [-0.4, -0.2) is 46.2 Å². The molecule has 2 aromatic carbocycles. The van der Waals surface area contributed by atoms with E-state index in [1.165, 1.54) is 22.6 Å². The van der Waals surface area contributed by atoms with Gasteiger partial charge in [0, 0.05) is 62.7 Å². The number of hydrogen-bond donors (Lipinski definition) is 0. The maximum absolute atomic E-state index is 9.13. The highest BCUT2D eigenvalue weighted by molar-refractivity contribution is 5.72. The van der Waals surface area contributed by atoms with E-state index in [2.05, 4.69) is 75.6 Å². The minimum atomic E-state index is 0.673. The zero-order valence-electron chi connectivity index (χ0n) is 19.4. The van der Waals surface area contributed by atoms with Crippen LogP contribution in [0, 0.1) is 11.3 Å². The Kier molecular flexibility index (Phi) is 4.77. The van der Waals surface area contributed by atoms with Crippen LogP contribution in [0.15, 0.2) is 78.9 Å². The summed E-state index contributed by atoms with van der Waals surface area (Å²) in [7, 11) is 4.23. The SMILES string of the molecule is CN(C)C1=CCCN(c2ccc3c(c2)Cn2cc(-c4ccc(C#N)cc4)cc2-c2nccn2-3)C1. The Balaban J connectivity index is 1.40. The summed E-state index contributed by atoms with van der Waals surface area (Å²) in [6.45, 7) is 2.74. The molecule has 0 saturated carbocycles. The topological polar surface area (TPSA) is 53.0 Å². The molecule has 0 radical (unpaired) electrons. The summed E-state index contributed by atoms with van der Waals surface area (Å²) in [6.07, 6.45) is 9.52. The van der Waals surface area contributed by atoms with Gasteiger partial charge in [-0.15, -0.1) is 0 Å². The molecule has 6 heteroatoms. The number of likely N-dealkylation sites (N-methyl/N-ethyl adjacent to an activating group) is 1. The van der Waals surface area contributed by atoms with Gasteiger partial charge in [0.25, 0.3) is 0 Å². The van der Waals surface area contributed by atoms with E-state index in [0.29, 0.717) is 5.56 Å². The van der Waals surface area contributed by atoms with Crippen LogP contribution in [0.2, 0.25) is 0 Å². The summed E-state index contributed by atoms with van der Waals surface area (Å²) in [5.41, 5.74) is 9.07. The molecule has 2 aliphatic rings. The first kappa shape index (κ1) is 20.4. The third-order valence-corrected chi connectivity index (χ3v) is 6.85. The number of imidazole rings is 1. The quantitative estimate of drug-likeness (QED) is 0.396. The molecule has 0 amide bonds. The van der Waals surface area contributed by atoms with Crippen molar-refractivity contribution >= 4 is 5.69 Å². The van der Waals surface area contributed by atoms with Gasteiger partial charge in [0.05, 0.1) is 29.6 Å². The lowest BCUT2D eigenvalue weighted by atomic mass is 10.1. The van der Waals surface area contributed by atoms with Crippen LogP contribution >= 0.6 is 0 Å². The number of rotatable bonds is 3. The van der Waals surface area contributed by atoms with Gasteiger partial charge in [-0.1, -0.05) is 18.2 Å². The van der Waals surface area contributed by atoms with Gasteiger partial charge in [-0.25, -0.2) is 4.98 Å². The van der Waals surface area contributed by atoms with Crippen molar-refractivity contribution < 1.29 is 0 Å². The summed E-state index contributed by atoms with van der Waals surface area (Å²) < 4.78 is 4.49. The highest BCUT2D eigenvalue weighted by atomic mass is 15.2. The van der Waals surface area contributed by atoms with Gasteiger partial charge in [-0.3, -0.25) is 4.57 Å². The lowest BCUT2D eigenvalue weighted by Crippen LogP contribution is -2.34. The van der Waals surface area contributed by atoms with Crippen molar-refractivity contribution in [2.75, 3.05) is 32.1 Å². The normalized spacial score (nSPS) is 14.4. The molecule has 6 rings (SSSR count). The molecule has 0 spiro atoms. The predicted molar refractivity (Wildman–Crippen MR) is 135 cm³/mol. The number of anilines is 1. The highest BCUT2D eigenvalue weighted by Crippen LogP contribution is 2.35. The van der Waals surface area contributed by atoms with E-state index in [4.69, 9.17) is 10.2 Å². The van der Waals surface area contributed by atoms with Crippen molar-refractivity contribution in [3.8, 4) is 34.4 Å². The molecule has 0 N–H and O–H groups in total. The second kappa shape index (κ2) is 7.96. The molecule has 2 aliphatic heterocycles. The number of fused-ring (bicyclic) bond motifs is 5. The molecule has 0 aliphatic carbocycles. The van der Waals surface area contributed by atoms with E-state index in [1.54, 1.807) is 0 Å². The van der Waals surface area contributed by atoms with Crippen molar-refractivity contribution in [1.29, 1.82) is 5.26 Å². The number of nitriles is 1. The molecule has 0 bridgehead atoms. The van der Waals surface area contributed by atoms with E-state index in [-0.39, 0.29) is 0 Å². The van der Waals surface area contributed by atoms with Crippen molar-refractivity contribution in [2.45, 2.75) is 13.0 Å². The van der Waals surface area contributed by atoms with Crippen molar-refractivity contribution in [3.63, 3.8) is 0 Å². The smallest absolute Gasteiger partial charge is 0.161 e. The van der Waals surface area contributed by atoms with Crippen molar-refractivity contribution in [1.82, 2.24) is 19.0 Å². The van der Waals surface area contributed by atoms with E-state index < -0.39 is 0 Å². The third-order valence-electron chi connectivity index (χ3n) is 6.85. The molecule has 4 aromatic rings. The summed E-state index contributed by atoms with van der Waals surface area (Å²) in [5.74, 6) is 0.946. The van der Waals surface area contributed by atoms with Gasteiger partial charge in [-0.05, 0) is 53.9 Å². The van der Waals surface area contributed by atoms with Gasteiger partial charge in [0.2, 0.25) is 0 Å². The van der Waals surface area contributed by atoms with E-state index in [1.807, 2.05) is 36.7 Å². The fourth-order valence-corrected chi connectivity index (χ4v) is 5.00. The number of aromatic nitrogens is 3. The Morgan fingerprint density at radius 3 is 2.65 bits per heavy atom. The van der Waals surface area contributed by atoms with E-state index in [9.17, 15) is 0 Å². The number of nitrogens with zero attached hydrogens (tertiary/aromatic N) is 6. The monoisotopic (exact) mass is 446 g/mol. The van der Waals surface area contributed by atoms with Gasteiger partial charge >= 0.3 is 0 Å². The van der Waals surface area contributed by atoms with Crippen molar-refractivity contribution in [3.05, 3.63) is 90.0 Å². The first-order chi connectivity index (χ1) is 16.6. The number of hydrogen-bond acceptors (Lipinski definition) is 4. The zero-order valence-corrected chi connectivity index (χ0v) is 19.4. The molecule has 4 heterocycles. The van der Waals surface area contributed by atoms with Crippen molar-refractivity contribution in [2.24, 2.45) is 0 Å². The second-order valence-corrected chi connectivity index (χ2v) is 9.17. The van der Waals surface area contributed by atoms with Crippen LogP contribution in [-0.2, 0) is 6.54 Å². The molecule has 2 aromatic heterocycles. The molecule has 0 fully saturated rings. The van der Waals surface area contributed by atoms with Crippen LogP contribution < -0.4 is 4.90 Å². The van der Waals surface area contributed by atoms with Crippen LogP contribution in [0.25, 0.3) is 28.3 Å². The Labute approximate surface area is 199 Å². The zero-order chi connectivity index (χ0) is 23.2. The van der Waals surface area contributed by atoms with Gasteiger partial charge in [0.1, 0.15) is 0 Å². The first-order valence-corrected chi connectivity index (χ1v) is 11.6. The summed E-state index contributed by atoms with van der Waals surface area (Å²) in [4.78, 5) is 9.39. The molecule has 6 nitrogen and oxygen atoms in total. The summed E-state index contributed by atoms with van der Waals surface area (Å²) >= 11 is 0. The predicted octanol–water partition coefficient (Wildman–Crippen LogP) is 4.90. The third kappa shape index (κ3) is 3.37. The highest BCUT2D eigenvalue weighted by Gasteiger charge is 2.23. The van der Waals surface area contributed by atoms with Crippen LogP contribution in [0.4, 0.5) is 5.69 Å². The second-order valence-electron chi connectivity index (χ2n) is 9.17. The van der Waals surface area contributed by atoms with Gasteiger partial charge < -0.3 is 14.4 Å². The average Bonchev–Trinajstić information content (AvgIpc) is 3.49. The molecule has 0 unspecified atom stereocenters. The summed E-state index contributed by atoms with van der Waals surface area (Å²) in [6, 6.07) is 19.0. The summed E-state index contributed by atoms with van der Waals surface area (Å²) in [5, 5.41) is 9.13. The van der Waals surface area contributed by atoms with Crippen LogP contribution in [0.1, 0.15) is 17.5 Å². The Bertz CT molecular complexity index is 1450. The Morgan fingerprint density at radius 2 is 1.85 bits per heavy atom. The molecule has 168 valence electrons. The Hall–Kier alpha value is -4.24. The Morgan fingerprint density at radius 1 is 1.00 bits per heavy atom. The van der Waals surface area contributed by atoms with Crippen LogP contribution in [0.3, 0.4) is 0 Å². The van der Waals surface area contributed by atoms with Gasteiger partial charge in [-0.2, -0.15) is 5.26 Å². The minimum absolute atomic E-state index is 0.673. The fraction of sp³-hybridized carbons (Fsp3) is 0.214. The lowest BCUT2D eigenvalue weighted by Gasteiger charge is -2.32. The number of benzene rings is 2. The lowest BCUT2D eigenvalue weighted by molar-refractivity contribution is 0.483. The first-order valence-electron chi connectivity index (χ1n) is 11.6. The average molecular weight is 447 g/mol. The molecular weight excluding hydrogens is 420 g/mol. The van der Waals surface area contributed by atoms with Crippen LogP contribution in [0.5, 0.6) is 0 Å². The largest absolute Gasteiger partial charge is 0.380 e. The van der Waals surface area contributed by atoms with E-state index >= 15 is 0 Å². The van der Waals surface area contributed by atoms with Gasteiger partial charge in [0.15, 0.2) is 5.82 Å². The standard InChI is InChI=1S/C28H26N6/c1-31(2)25-4-3-12-32(19-25)24-9-10-26-23(14-24)18-33-17-22(21-7-5-20(16-29)6-8-21)15-27(33)28-30-11-13-34(26)28/h4-11,13-15,17H,3,12,18-19H2,1-2H3. The molecule has 0 saturated heterocycles. The molecule has 0 atom stereocenters.